The van der Waals surface area contributed by atoms with Gasteiger partial charge >= 0.3 is 0 Å². The Balaban J connectivity index is 2.57. The highest BCUT2D eigenvalue weighted by atomic mass is 16.3. The summed E-state index contributed by atoms with van der Waals surface area (Å²) in [6.07, 6.45) is 2.01. The molecule has 68 valence electrons. The van der Waals surface area contributed by atoms with Crippen LogP contribution in [0.4, 0.5) is 0 Å². The molecule has 1 N–H and O–H groups in total. The van der Waals surface area contributed by atoms with Crippen molar-refractivity contribution in [3.63, 3.8) is 0 Å². The molecular weight excluding hydrogens is 168 g/mol. The van der Waals surface area contributed by atoms with Crippen LogP contribution >= 0.6 is 0 Å². The number of rotatable bonds is 3. The van der Waals surface area contributed by atoms with Crippen molar-refractivity contribution in [1.82, 2.24) is 5.32 Å². The van der Waals surface area contributed by atoms with Gasteiger partial charge in [0.15, 0.2) is 5.76 Å². The monoisotopic (exact) mass is 178 g/mol. The highest BCUT2D eigenvalue weighted by molar-refractivity contribution is 5.91. The maximum atomic E-state index is 11.3. The van der Waals surface area contributed by atoms with E-state index in [1.165, 1.54) is 6.26 Å². The summed E-state index contributed by atoms with van der Waals surface area (Å²) in [5.41, 5.74) is 0. The number of hydrogen-bond donors (Lipinski definition) is 1. The van der Waals surface area contributed by atoms with Crippen LogP contribution in [0.25, 0.3) is 0 Å². The third-order valence-corrected chi connectivity index (χ3v) is 1.61. The molecule has 1 amide bonds. The van der Waals surface area contributed by atoms with E-state index in [2.05, 4.69) is 5.32 Å². The lowest BCUT2D eigenvalue weighted by Gasteiger charge is -2.06. The molecule has 1 aromatic heterocycles. The van der Waals surface area contributed by atoms with Crippen LogP contribution in [-0.4, -0.2) is 11.9 Å². The molecule has 1 rings (SSSR count). The fraction of sp³-hybridized carbons (Fsp3) is 0.333. The first-order chi connectivity index (χ1) is 6.27. The zero-order chi connectivity index (χ0) is 9.68. The van der Waals surface area contributed by atoms with Crippen LogP contribution in [0.15, 0.2) is 22.8 Å². The molecular formula is C9H10N2O2. The van der Waals surface area contributed by atoms with Gasteiger partial charge in [0.1, 0.15) is 6.04 Å². The molecule has 0 aliphatic rings. The average molecular weight is 178 g/mol. The van der Waals surface area contributed by atoms with Gasteiger partial charge in [-0.25, -0.2) is 0 Å². The summed E-state index contributed by atoms with van der Waals surface area (Å²) in [7, 11) is 0. The Labute approximate surface area is 76.2 Å². The van der Waals surface area contributed by atoms with Gasteiger partial charge in [-0.05, 0) is 18.6 Å². The quantitative estimate of drug-likeness (QED) is 0.758. The van der Waals surface area contributed by atoms with Gasteiger partial charge in [0.05, 0.1) is 12.3 Å². The van der Waals surface area contributed by atoms with E-state index in [0.717, 1.165) is 0 Å². The van der Waals surface area contributed by atoms with Gasteiger partial charge in [-0.15, -0.1) is 0 Å². The molecule has 0 fully saturated rings. The maximum absolute atomic E-state index is 11.3. The smallest absolute Gasteiger partial charge is 0.288 e. The number of carbonyl (C=O) groups excluding carboxylic acids is 1. The largest absolute Gasteiger partial charge is 0.459 e. The summed E-state index contributed by atoms with van der Waals surface area (Å²) in [5, 5.41) is 11.1. The Morgan fingerprint density at radius 2 is 2.62 bits per heavy atom. The summed E-state index contributed by atoms with van der Waals surface area (Å²) < 4.78 is 4.86. The average Bonchev–Trinajstić information content (AvgIpc) is 2.66. The van der Waals surface area contributed by atoms with Crippen molar-refractivity contribution in [2.24, 2.45) is 0 Å². The molecule has 0 saturated heterocycles. The van der Waals surface area contributed by atoms with Crippen molar-refractivity contribution >= 4 is 5.91 Å². The van der Waals surface area contributed by atoms with E-state index in [1.54, 1.807) is 12.1 Å². The lowest BCUT2D eigenvalue weighted by Crippen LogP contribution is -2.32. The molecule has 0 saturated carbocycles. The number of hydrogen-bond acceptors (Lipinski definition) is 3. The second-order valence-electron chi connectivity index (χ2n) is 2.54. The van der Waals surface area contributed by atoms with Gasteiger partial charge in [0, 0.05) is 0 Å². The first-order valence-electron chi connectivity index (χ1n) is 4.02. The Bertz CT molecular complexity index is 311. The van der Waals surface area contributed by atoms with Gasteiger partial charge in [0.2, 0.25) is 0 Å². The highest BCUT2D eigenvalue weighted by Gasteiger charge is 2.12. The molecule has 0 spiro atoms. The normalized spacial score (nSPS) is 11.7. The predicted octanol–water partition coefficient (Wildman–Crippen LogP) is 1.31. The fourth-order valence-corrected chi connectivity index (χ4v) is 0.863. The van der Waals surface area contributed by atoms with Crippen molar-refractivity contribution in [2.75, 3.05) is 0 Å². The van der Waals surface area contributed by atoms with Crippen LogP contribution in [0.5, 0.6) is 0 Å². The van der Waals surface area contributed by atoms with Crippen LogP contribution in [0.3, 0.4) is 0 Å². The van der Waals surface area contributed by atoms with Gasteiger partial charge in [0.25, 0.3) is 5.91 Å². The molecule has 0 aliphatic carbocycles. The number of nitriles is 1. The first kappa shape index (κ1) is 9.33. The van der Waals surface area contributed by atoms with E-state index >= 15 is 0 Å². The highest BCUT2D eigenvalue weighted by Crippen LogP contribution is 2.00. The van der Waals surface area contributed by atoms with E-state index in [0.29, 0.717) is 6.42 Å². The molecule has 0 unspecified atom stereocenters. The Morgan fingerprint density at radius 1 is 1.85 bits per heavy atom. The third-order valence-electron chi connectivity index (χ3n) is 1.61. The van der Waals surface area contributed by atoms with E-state index in [1.807, 2.05) is 13.0 Å². The second-order valence-corrected chi connectivity index (χ2v) is 2.54. The minimum atomic E-state index is -0.447. The Hall–Kier alpha value is -1.76. The van der Waals surface area contributed by atoms with Crippen molar-refractivity contribution in [3.05, 3.63) is 24.2 Å². The molecule has 1 aromatic rings. The van der Waals surface area contributed by atoms with Crippen LogP contribution in [0.2, 0.25) is 0 Å². The molecule has 4 heteroatoms. The molecule has 4 nitrogen and oxygen atoms in total. The number of amides is 1. The van der Waals surface area contributed by atoms with Crippen molar-refractivity contribution < 1.29 is 9.21 Å². The topological polar surface area (TPSA) is 66.0 Å². The Kier molecular flexibility index (Phi) is 3.09. The number of furan rings is 1. The van der Waals surface area contributed by atoms with Crippen molar-refractivity contribution in [1.29, 1.82) is 5.26 Å². The molecule has 0 radical (unpaired) electrons. The maximum Gasteiger partial charge on any atom is 0.288 e. The zero-order valence-corrected chi connectivity index (χ0v) is 7.28. The molecule has 1 heterocycles. The van der Waals surface area contributed by atoms with E-state index in [-0.39, 0.29) is 11.7 Å². The van der Waals surface area contributed by atoms with Gasteiger partial charge < -0.3 is 9.73 Å². The molecule has 13 heavy (non-hydrogen) atoms. The number of carbonyl (C=O) groups is 1. The predicted molar refractivity (Wildman–Crippen MR) is 45.9 cm³/mol. The van der Waals surface area contributed by atoms with Gasteiger partial charge in [-0.1, -0.05) is 6.92 Å². The molecule has 0 aromatic carbocycles. The zero-order valence-electron chi connectivity index (χ0n) is 7.28. The summed E-state index contributed by atoms with van der Waals surface area (Å²) in [6.45, 7) is 1.83. The number of nitrogens with one attached hydrogen (secondary N) is 1. The summed E-state index contributed by atoms with van der Waals surface area (Å²) >= 11 is 0. The first-order valence-corrected chi connectivity index (χ1v) is 4.02. The van der Waals surface area contributed by atoms with E-state index < -0.39 is 6.04 Å². The van der Waals surface area contributed by atoms with Crippen LogP contribution < -0.4 is 5.32 Å². The van der Waals surface area contributed by atoms with E-state index in [9.17, 15) is 4.79 Å². The SMILES string of the molecule is CC[C@H](C#N)NC(=O)c1ccco1. The standard InChI is InChI=1S/C9H10N2O2/c1-2-7(6-10)11-9(12)8-4-3-5-13-8/h3-5,7H,2H2,1H3,(H,11,12)/t7-/m1/s1. The summed E-state index contributed by atoms with van der Waals surface area (Å²) in [4.78, 5) is 11.3. The van der Waals surface area contributed by atoms with Crippen molar-refractivity contribution in [3.8, 4) is 6.07 Å². The summed E-state index contributed by atoms with van der Waals surface area (Å²) in [6, 6.07) is 4.71. The molecule has 0 aliphatic heterocycles. The van der Waals surface area contributed by atoms with Gasteiger partial charge in [-0.3, -0.25) is 4.79 Å². The van der Waals surface area contributed by atoms with Crippen LogP contribution in [-0.2, 0) is 0 Å². The molecule has 1 atom stereocenters. The van der Waals surface area contributed by atoms with E-state index in [4.69, 9.17) is 9.68 Å². The fourth-order valence-electron chi connectivity index (χ4n) is 0.863. The third kappa shape index (κ3) is 2.34. The summed E-state index contributed by atoms with van der Waals surface area (Å²) in [5.74, 6) is -0.118. The van der Waals surface area contributed by atoms with Crippen LogP contribution in [0.1, 0.15) is 23.9 Å². The minimum Gasteiger partial charge on any atom is -0.459 e. The molecule has 0 bridgehead atoms. The Morgan fingerprint density at radius 3 is 3.08 bits per heavy atom. The van der Waals surface area contributed by atoms with Crippen LogP contribution in [0, 0.1) is 11.3 Å². The second kappa shape index (κ2) is 4.31. The minimum absolute atomic E-state index is 0.230. The lowest BCUT2D eigenvalue weighted by atomic mass is 10.2. The lowest BCUT2D eigenvalue weighted by molar-refractivity contribution is 0.0917. The van der Waals surface area contributed by atoms with Crippen molar-refractivity contribution in [2.45, 2.75) is 19.4 Å². The van der Waals surface area contributed by atoms with Gasteiger partial charge in [-0.2, -0.15) is 5.26 Å². The number of nitrogens with zero attached hydrogens (tertiary/aromatic N) is 1.